The molecule has 0 radical (unpaired) electrons. The van der Waals surface area contributed by atoms with Gasteiger partial charge >= 0.3 is 11.9 Å². The van der Waals surface area contributed by atoms with Crippen molar-refractivity contribution in [3.8, 4) is 0 Å². The van der Waals surface area contributed by atoms with Crippen molar-refractivity contribution in [3.63, 3.8) is 0 Å². The normalized spacial score (nSPS) is 23.5. The first-order chi connectivity index (χ1) is 15.9. The molecular weight excluding hydrogens is 459 g/mol. The van der Waals surface area contributed by atoms with Crippen molar-refractivity contribution in [1.82, 2.24) is 0 Å². The SMILES string of the molecule is CCCCC[C@@H](OC(C)=O)c1ccc(C2C(Cl)CC(Cl)[C@@H]2C/C=C\CCCC(=O)OC)cc1. The first-order valence-corrected chi connectivity index (χ1v) is 13.0. The Labute approximate surface area is 209 Å². The van der Waals surface area contributed by atoms with Crippen LogP contribution in [0.25, 0.3) is 0 Å². The van der Waals surface area contributed by atoms with Gasteiger partial charge in [0.2, 0.25) is 0 Å². The van der Waals surface area contributed by atoms with Crippen LogP contribution in [0.3, 0.4) is 0 Å². The van der Waals surface area contributed by atoms with Crippen molar-refractivity contribution in [2.24, 2.45) is 5.92 Å². The fourth-order valence-corrected chi connectivity index (χ4v) is 5.69. The number of carbonyl (C=O) groups is 2. The molecule has 184 valence electrons. The number of esters is 2. The molecule has 1 saturated carbocycles. The van der Waals surface area contributed by atoms with E-state index in [4.69, 9.17) is 27.9 Å². The maximum Gasteiger partial charge on any atom is 0.305 e. The fraction of sp³-hybridized carbons (Fsp3) is 0.630. The lowest BCUT2D eigenvalue weighted by Crippen LogP contribution is -2.16. The van der Waals surface area contributed by atoms with Gasteiger partial charge in [-0.2, -0.15) is 0 Å². The van der Waals surface area contributed by atoms with Gasteiger partial charge in [0.1, 0.15) is 6.10 Å². The number of carbonyl (C=O) groups excluding carboxylic acids is 2. The zero-order valence-corrected chi connectivity index (χ0v) is 21.6. The minimum absolute atomic E-state index is 0.00936. The van der Waals surface area contributed by atoms with Crippen LogP contribution < -0.4 is 0 Å². The molecule has 1 aromatic rings. The number of hydrogen-bond acceptors (Lipinski definition) is 4. The molecule has 33 heavy (non-hydrogen) atoms. The van der Waals surface area contributed by atoms with Gasteiger partial charge in [-0.3, -0.25) is 9.59 Å². The smallest absolute Gasteiger partial charge is 0.305 e. The van der Waals surface area contributed by atoms with Crippen LogP contribution in [0, 0.1) is 5.92 Å². The quantitative estimate of drug-likeness (QED) is 0.123. The van der Waals surface area contributed by atoms with Crippen molar-refractivity contribution >= 4 is 35.1 Å². The first-order valence-electron chi connectivity index (χ1n) is 12.1. The van der Waals surface area contributed by atoms with Crippen molar-refractivity contribution in [2.75, 3.05) is 7.11 Å². The average Bonchev–Trinajstić information content (AvgIpc) is 3.07. The van der Waals surface area contributed by atoms with Crippen LogP contribution in [0.2, 0.25) is 0 Å². The van der Waals surface area contributed by atoms with Crippen molar-refractivity contribution in [1.29, 1.82) is 0 Å². The van der Waals surface area contributed by atoms with Gasteiger partial charge in [-0.25, -0.2) is 0 Å². The highest BCUT2D eigenvalue weighted by Crippen LogP contribution is 2.47. The minimum Gasteiger partial charge on any atom is -0.469 e. The Hall–Kier alpha value is -1.52. The van der Waals surface area contributed by atoms with E-state index in [1.807, 2.05) is 0 Å². The summed E-state index contributed by atoms with van der Waals surface area (Å²) in [5.41, 5.74) is 2.21. The summed E-state index contributed by atoms with van der Waals surface area (Å²) in [5.74, 6) is 0.0105. The Kier molecular flexibility index (Phi) is 12.3. The van der Waals surface area contributed by atoms with Gasteiger partial charge in [-0.1, -0.05) is 56.2 Å². The van der Waals surface area contributed by atoms with E-state index in [0.29, 0.717) is 6.42 Å². The second-order valence-corrected chi connectivity index (χ2v) is 10.0. The van der Waals surface area contributed by atoms with Gasteiger partial charge in [0.25, 0.3) is 0 Å². The molecule has 4 nitrogen and oxygen atoms in total. The second-order valence-electron chi connectivity index (χ2n) is 8.89. The third-order valence-corrected chi connectivity index (χ3v) is 7.34. The topological polar surface area (TPSA) is 52.6 Å². The number of halogens is 2. The molecule has 0 saturated heterocycles. The van der Waals surface area contributed by atoms with Crippen LogP contribution in [0.5, 0.6) is 0 Å². The molecule has 1 fully saturated rings. The van der Waals surface area contributed by atoms with E-state index in [1.54, 1.807) is 0 Å². The third-order valence-electron chi connectivity index (χ3n) is 6.39. The van der Waals surface area contributed by atoms with Gasteiger partial charge in [0.05, 0.1) is 7.11 Å². The molecule has 0 aromatic heterocycles. The summed E-state index contributed by atoms with van der Waals surface area (Å²) in [6.07, 6.45) is 11.9. The zero-order valence-electron chi connectivity index (χ0n) is 20.1. The van der Waals surface area contributed by atoms with Crippen molar-refractivity contribution in [2.45, 2.75) is 94.4 Å². The van der Waals surface area contributed by atoms with Crippen LogP contribution in [0.4, 0.5) is 0 Å². The van der Waals surface area contributed by atoms with Crippen LogP contribution in [0.1, 0.15) is 94.8 Å². The highest BCUT2D eigenvalue weighted by molar-refractivity contribution is 6.25. The number of ether oxygens (including phenoxy) is 2. The van der Waals surface area contributed by atoms with Gasteiger partial charge in [-0.15, -0.1) is 23.2 Å². The molecule has 0 N–H and O–H groups in total. The number of alkyl halides is 2. The number of methoxy groups -OCH3 is 1. The maximum absolute atomic E-state index is 11.6. The number of unbranched alkanes of at least 4 members (excludes halogenated alkanes) is 3. The second kappa shape index (κ2) is 14.7. The van der Waals surface area contributed by atoms with Crippen molar-refractivity contribution in [3.05, 3.63) is 47.5 Å². The van der Waals surface area contributed by atoms with E-state index < -0.39 is 0 Å². The molecular formula is C27H38Cl2O4. The molecule has 6 heteroatoms. The molecule has 5 atom stereocenters. The van der Waals surface area contributed by atoms with Gasteiger partial charge in [0, 0.05) is 30.0 Å². The Bertz CT molecular complexity index is 762. The number of benzene rings is 1. The summed E-state index contributed by atoms with van der Waals surface area (Å²) >= 11 is 13.4. The maximum atomic E-state index is 11.6. The molecule has 2 rings (SSSR count). The summed E-state index contributed by atoms with van der Waals surface area (Å²) in [7, 11) is 1.41. The molecule has 0 heterocycles. The summed E-state index contributed by atoms with van der Waals surface area (Å²) in [5, 5.41) is 0.0182. The standard InChI is InChI=1S/C27H38Cl2O4/c1-4-5-8-12-25(33-19(2)30)20-14-16-21(17-15-20)27-22(23(28)18-24(27)29)11-9-6-7-10-13-26(31)32-3/h6,9,14-17,22-25,27H,4-5,7-8,10-13,18H2,1-3H3/b9-6-/t22-,23?,24?,25+,27?/m0/s1. The predicted octanol–water partition coefficient (Wildman–Crippen LogP) is 7.48. The van der Waals surface area contributed by atoms with Crippen molar-refractivity contribution < 1.29 is 19.1 Å². The third kappa shape index (κ3) is 8.98. The van der Waals surface area contributed by atoms with E-state index in [1.165, 1.54) is 19.6 Å². The molecule has 1 aliphatic carbocycles. The van der Waals surface area contributed by atoms with Crippen LogP contribution in [-0.4, -0.2) is 29.8 Å². The van der Waals surface area contributed by atoms with Crippen LogP contribution >= 0.6 is 23.2 Å². The lowest BCUT2D eigenvalue weighted by molar-refractivity contribution is -0.147. The van der Waals surface area contributed by atoms with Gasteiger partial charge in [-0.05, 0) is 55.6 Å². The average molecular weight is 498 g/mol. The van der Waals surface area contributed by atoms with Gasteiger partial charge in [0.15, 0.2) is 0 Å². The van der Waals surface area contributed by atoms with Crippen LogP contribution in [0.15, 0.2) is 36.4 Å². The number of rotatable bonds is 13. The highest BCUT2D eigenvalue weighted by atomic mass is 35.5. The lowest BCUT2D eigenvalue weighted by atomic mass is 9.85. The Morgan fingerprint density at radius 2 is 1.82 bits per heavy atom. The molecule has 0 spiro atoms. The Morgan fingerprint density at radius 3 is 2.45 bits per heavy atom. The predicted molar refractivity (Wildman–Crippen MR) is 135 cm³/mol. The summed E-state index contributed by atoms with van der Waals surface area (Å²) in [6, 6.07) is 8.38. The van der Waals surface area contributed by atoms with E-state index in [9.17, 15) is 9.59 Å². The Morgan fingerprint density at radius 1 is 1.09 bits per heavy atom. The van der Waals surface area contributed by atoms with E-state index in [-0.39, 0.29) is 40.6 Å². The summed E-state index contributed by atoms with van der Waals surface area (Å²) in [4.78, 5) is 22.8. The molecule has 0 aliphatic heterocycles. The number of allylic oxidation sites excluding steroid dienone is 2. The van der Waals surface area contributed by atoms with E-state index in [0.717, 1.165) is 56.9 Å². The van der Waals surface area contributed by atoms with E-state index in [2.05, 4.69) is 48.1 Å². The molecule has 0 bridgehead atoms. The zero-order chi connectivity index (χ0) is 24.2. The fourth-order valence-electron chi connectivity index (χ4n) is 4.62. The summed E-state index contributed by atoms with van der Waals surface area (Å²) in [6.45, 7) is 3.63. The minimum atomic E-state index is -0.249. The molecule has 1 aliphatic rings. The first kappa shape index (κ1) is 27.7. The monoisotopic (exact) mass is 496 g/mol. The highest BCUT2D eigenvalue weighted by Gasteiger charge is 2.41. The molecule has 1 aromatic carbocycles. The largest absolute Gasteiger partial charge is 0.469 e. The summed E-state index contributed by atoms with van der Waals surface area (Å²) < 4.78 is 10.3. The lowest BCUT2D eigenvalue weighted by Gasteiger charge is -2.24. The van der Waals surface area contributed by atoms with Gasteiger partial charge < -0.3 is 9.47 Å². The van der Waals surface area contributed by atoms with Crippen LogP contribution in [-0.2, 0) is 19.1 Å². The molecule has 0 amide bonds. The number of hydrogen-bond donors (Lipinski definition) is 0. The Balaban J connectivity index is 2.03. The molecule has 3 unspecified atom stereocenters. The van der Waals surface area contributed by atoms with E-state index >= 15 is 0 Å².